The van der Waals surface area contributed by atoms with Gasteiger partial charge in [-0.15, -0.1) is 11.8 Å². The molecule has 10 atom stereocenters. The van der Waals surface area contributed by atoms with Crippen LogP contribution in [-0.4, -0.2) is 45.4 Å². The molecular formula is C66H70N4S. The molecule has 0 bridgehead atoms. The number of thioether (sulfide) groups is 1. The Bertz CT molecular complexity index is 2940. The van der Waals surface area contributed by atoms with Gasteiger partial charge in [-0.3, -0.25) is 4.90 Å². The molecule has 11 aliphatic rings. The van der Waals surface area contributed by atoms with Crippen LogP contribution < -0.4 is 5.32 Å². The van der Waals surface area contributed by atoms with E-state index in [-0.39, 0.29) is 17.7 Å². The van der Waals surface area contributed by atoms with Crippen LogP contribution in [0.15, 0.2) is 231 Å². The van der Waals surface area contributed by atoms with E-state index in [9.17, 15) is 0 Å². The molecule has 0 spiro atoms. The van der Waals surface area contributed by atoms with Crippen LogP contribution in [0.5, 0.6) is 0 Å². The largest absolute Gasteiger partial charge is 0.350 e. The highest BCUT2D eigenvalue weighted by Gasteiger charge is 2.55. The molecule has 3 aliphatic heterocycles. The molecule has 71 heavy (non-hydrogen) atoms. The summed E-state index contributed by atoms with van der Waals surface area (Å²) in [6.07, 6.45) is 58.8. The fourth-order valence-corrected chi connectivity index (χ4v) is 16.7. The van der Waals surface area contributed by atoms with Gasteiger partial charge in [-0.25, -0.2) is 4.99 Å². The number of benzene rings is 2. The molecule has 0 amide bonds. The molecule has 5 heteroatoms. The zero-order chi connectivity index (χ0) is 47.5. The van der Waals surface area contributed by atoms with Gasteiger partial charge in [0.2, 0.25) is 0 Å². The second-order valence-corrected chi connectivity index (χ2v) is 23.7. The number of fused-ring (bicyclic) bond motifs is 6. The van der Waals surface area contributed by atoms with Crippen LogP contribution in [0.3, 0.4) is 0 Å². The van der Waals surface area contributed by atoms with E-state index in [0.717, 1.165) is 75.6 Å². The summed E-state index contributed by atoms with van der Waals surface area (Å²) in [7, 11) is 2.32. The standard InChI is InChI=1S/C66H70N4S/c1-66(40-18-7-19-41-66)43-48-28-20-32-50(44-22-8-3-9-23-44)59(48)47-36-37-51(55(42-47)65-68-63(45-24-10-4-11-25-45)67-64(69(65)2)46-26-12-5-13-27-46)52-33-21-34-54-61-58(71-62(52)54)39-38-57-60(61)53-31-16-17-35-56(53)70(57)49-29-14-6-15-30-49/h3-5,7-8,10-14,16-22,24-27,29-30,32-34,40,42,48,53-54,56,58,61-62,64-65H,6,9,15,23,28,31,35-39,41,43H2,1-2H3,(H,67,68). The Labute approximate surface area is 428 Å². The Kier molecular flexibility index (Phi) is 12.2. The summed E-state index contributed by atoms with van der Waals surface area (Å²) in [6, 6.07) is 22.4. The van der Waals surface area contributed by atoms with E-state index >= 15 is 0 Å². The third-order valence-electron chi connectivity index (χ3n) is 18.0. The number of amidine groups is 1. The summed E-state index contributed by atoms with van der Waals surface area (Å²) in [5, 5.41) is 5.23. The number of nitrogens with zero attached hydrogens (tertiary/aromatic N) is 3. The average Bonchev–Trinajstić information content (AvgIpc) is 3.98. The van der Waals surface area contributed by atoms with E-state index in [1.54, 1.807) is 22.4 Å². The third-order valence-corrected chi connectivity index (χ3v) is 19.8. The van der Waals surface area contributed by atoms with Crippen molar-refractivity contribution in [2.75, 3.05) is 7.05 Å². The van der Waals surface area contributed by atoms with Gasteiger partial charge in [0, 0.05) is 51.3 Å². The Balaban J connectivity index is 0.952. The van der Waals surface area contributed by atoms with Crippen LogP contribution in [0.25, 0.3) is 0 Å². The molecule has 2 aromatic rings. The van der Waals surface area contributed by atoms with Crippen LogP contribution >= 0.6 is 11.8 Å². The Hall–Kier alpha value is -5.62. The molecular weight excluding hydrogens is 881 g/mol. The monoisotopic (exact) mass is 951 g/mol. The van der Waals surface area contributed by atoms with Crippen molar-refractivity contribution in [1.82, 2.24) is 15.1 Å². The molecule has 4 nitrogen and oxygen atoms in total. The van der Waals surface area contributed by atoms with Crippen LogP contribution in [0.1, 0.15) is 108 Å². The number of likely N-dealkylation sites (N-methyl/N-ethyl adjacent to an activating group) is 1. The first-order chi connectivity index (χ1) is 35.0. The van der Waals surface area contributed by atoms with Crippen molar-refractivity contribution in [2.24, 2.45) is 34.1 Å². The Morgan fingerprint density at radius 2 is 1.66 bits per heavy atom. The van der Waals surface area contributed by atoms with Crippen molar-refractivity contribution in [1.29, 1.82) is 0 Å². The predicted octanol–water partition coefficient (Wildman–Crippen LogP) is 15.2. The minimum Gasteiger partial charge on any atom is -0.350 e. The SMILES string of the molecule is CN1C(C2=C(C3=CC=CC4C3SC3CCC5=C(C6CC=CCC6N5C5=CCCC=C5)C34)CCC(C3=C(C4=CC=CCC4)C=CCC3CC3(C)C=CC=CC3)=C2)NC(c2ccccc2)=NC1c1ccccc1. The smallest absolute Gasteiger partial charge is 0.132 e. The van der Waals surface area contributed by atoms with Gasteiger partial charge in [0.25, 0.3) is 0 Å². The zero-order valence-corrected chi connectivity index (χ0v) is 42.6. The van der Waals surface area contributed by atoms with E-state index in [1.165, 1.54) is 52.8 Å². The second-order valence-electron chi connectivity index (χ2n) is 22.4. The quantitative estimate of drug-likeness (QED) is 0.254. The lowest BCUT2D eigenvalue weighted by Crippen LogP contribution is -2.53. The third kappa shape index (κ3) is 8.24. The van der Waals surface area contributed by atoms with E-state index in [4.69, 9.17) is 4.99 Å². The second kappa shape index (κ2) is 19.1. The highest BCUT2D eigenvalue weighted by atomic mass is 32.2. The van der Waals surface area contributed by atoms with Crippen molar-refractivity contribution in [3.8, 4) is 0 Å². The minimum absolute atomic E-state index is 0.0937. The fourth-order valence-electron chi connectivity index (χ4n) is 14.8. The first kappa shape index (κ1) is 45.3. The van der Waals surface area contributed by atoms with Crippen molar-refractivity contribution in [2.45, 2.75) is 119 Å². The minimum atomic E-state index is -0.144. The van der Waals surface area contributed by atoms with Gasteiger partial charge >= 0.3 is 0 Å². The van der Waals surface area contributed by atoms with Crippen LogP contribution in [0.2, 0.25) is 0 Å². The number of allylic oxidation sites excluding steroid dienone is 22. The van der Waals surface area contributed by atoms with Crippen molar-refractivity contribution >= 4 is 17.6 Å². The van der Waals surface area contributed by atoms with Crippen LogP contribution in [0, 0.1) is 29.1 Å². The summed E-state index contributed by atoms with van der Waals surface area (Å²) in [6.45, 7) is 2.49. The van der Waals surface area contributed by atoms with Crippen molar-refractivity contribution < 1.29 is 0 Å². The van der Waals surface area contributed by atoms with Gasteiger partial charge in [-0.1, -0.05) is 171 Å². The molecule has 0 radical (unpaired) electrons. The maximum absolute atomic E-state index is 5.55. The number of hydrogen-bond donors (Lipinski definition) is 1. The van der Waals surface area contributed by atoms with Crippen molar-refractivity contribution in [3.05, 3.63) is 237 Å². The summed E-state index contributed by atoms with van der Waals surface area (Å²) in [5.74, 6) is 3.08. The maximum Gasteiger partial charge on any atom is 0.132 e. The highest BCUT2D eigenvalue weighted by molar-refractivity contribution is 8.01. The molecule has 360 valence electrons. The van der Waals surface area contributed by atoms with Gasteiger partial charge in [-0.05, 0) is 158 Å². The lowest BCUT2D eigenvalue weighted by atomic mass is 9.67. The Morgan fingerprint density at radius 3 is 2.48 bits per heavy atom. The molecule has 0 saturated carbocycles. The molecule has 1 fully saturated rings. The molecule has 1 N–H and O–H groups in total. The summed E-state index contributed by atoms with van der Waals surface area (Å²) in [5.41, 5.74) is 18.1. The van der Waals surface area contributed by atoms with E-state index in [2.05, 4.69) is 211 Å². The molecule has 8 aliphatic carbocycles. The number of hydrogen-bond acceptors (Lipinski definition) is 5. The van der Waals surface area contributed by atoms with Crippen LogP contribution in [0.4, 0.5) is 0 Å². The topological polar surface area (TPSA) is 30.9 Å². The molecule has 13 rings (SSSR count). The summed E-state index contributed by atoms with van der Waals surface area (Å²) >= 11 is 2.34. The summed E-state index contributed by atoms with van der Waals surface area (Å²) in [4.78, 5) is 10.9. The molecule has 10 unspecified atom stereocenters. The van der Waals surface area contributed by atoms with Gasteiger partial charge in [0.1, 0.15) is 18.2 Å². The predicted molar refractivity (Wildman–Crippen MR) is 297 cm³/mol. The van der Waals surface area contributed by atoms with Gasteiger partial charge < -0.3 is 10.2 Å². The lowest BCUT2D eigenvalue weighted by molar-refractivity contribution is 0.177. The van der Waals surface area contributed by atoms with E-state index in [1.807, 2.05) is 5.57 Å². The first-order valence-corrected chi connectivity index (χ1v) is 28.2. The van der Waals surface area contributed by atoms with E-state index < -0.39 is 0 Å². The zero-order valence-electron chi connectivity index (χ0n) is 41.8. The van der Waals surface area contributed by atoms with Gasteiger partial charge in [0.15, 0.2) is 0 Å². The van der Waals surface area contributed by atoms with Gasteiger partial charge in [-0.2, -0.15) is 0 Å². The number of nitrogens with one attached hydrogen (secondary N) is 1. The molecule has 1 saturated heterocycles. The average molecular weight is 951 g/mol. The van der Waals surface area contributed by atoms with Crippen molar-refractivity contribution in [3.63, 3.8) is 0 Å². The first-order valence-electron chi connectivity index (χ1n) is 27.3. The lowest BCUT2D eigenvalue weighted by Gasteiger charge is -2.43. The Morgan fingerprint density at radius 1 is 0.789 bits per heavy atom. The molecule has 3 heterocycles. The maximum atomic E-state index is 5.55. The highest BCUT2D eigenvalue weighted by Crippen LogP contribution is 2.62. The molecule has 2 aromatic carbocycles. The summed E-state index contributed by atoms with van der Waals surface area (Å²) < 4.78 is 0. The molecule has 0 aromatic heterocycles. The number of aliphatic imine (C=N–C) groups is 1. The number of rotatable bonds is 9. The van der Waals surface area contributed by atoms with Crippen LogP contribution in [-0.2, 0) is 0 Å². The van der Waals surface area contributed by atoms with E-state index in [0.29, 0.717) is 40.2 Å². The fraction of sp³-hybridized carbons (Fsp3) is 0.379. The van der Waals surface area contributed by atoms with Gasteiger partial charge in [0.05, 0.1) is 0 Å². The normalized spacial score (nSPS) is 34.0.